The molecule has 2 heterocycles. The van der Waals surface area contributed by atoms with Crippen LogP contribution >= 0.6 is 0 Å². The van der Waals surface area contributed by atoms with Gasteiger partial charge in [0.2, 0.25) is 0 Å². The Balaban J connectivity index is 0.000000774. The van der Waals surface area contributed by atoms with Crippen molar-refractivity contribution >= 4 is 0 Å². The van der Waals surface area contributed by atoms with Crippen LogP contribution in [0.5, 0.6) is 11.5 Å². The number of ether oxygens (including phenoxy) is 2. The number of halogens is 2. The molecule has 108 valence electrons. The maximum absolute atomic E-state index is 12.9. The number of fused-ring (bicyclic) bond motifs is 1. The van der Waals surface area contributed by atoms with Gasteiger partial charge in [-0.2, -0.15) is 5.26 Å². The predicted molar refractivity (Wildman–Crippen MR) is 69.7 cm³/mol. The van der Waals surface area contributed by atoms with Crippen LogP contribution in [0.4, 0.5) is 8.78 Å². The highest BCUT2D eigenvalue weighted by atomic mass is 19.3. The largest absolute Gasteiger partial charge is 0.586 e. The smallest absolute Gasteiger partial charge is 0.395 e. The lowest BCUT2D eigenvalue weighted by atomic mass is 10.1. The third-order valence-corrected chi connectivity index (χ3v) is 2.48. The summed E-state index contributed by atoms with van der Waals surface area (Å²) in [6.45, 7) is 4.00. The summed E-state index contributed by atoms with van der Waals surface area (Å²) in [6.07, 6.45) is -2.42. The molecule has 7 heteroatoms. The zero-order chi connectivity index (χ0) is 15.5. The number of hydrogen-bond acceptors (Lipinski definition) is 5. The molecule has 3 rings (SSSR count). The van der Waals surface area contributed by atoms with Crippen molar-refractivity contribution in [1.29, 1.82) is 5.26 Å². The molecule has 0 saturated heterocycles. The van der Waals surface area contributed by atoms with Crippen LogP contribution in [-0.2, 0) is 0 Å². The maximum Gasteiger partial charge on any atom is 0.586 e. The molecule has 0 aliphatic carbocycles. The monoisotopic (exact) mass is 291 g/mol. The van der Waals surface area contributed by atoms with E-state index in [1.165, 1.54) is 24.5 Å². The number of nitriles is 1. The van der Waals surface area contributed by atoms with Gasteiger partial charge in [-0.15, -0.1) is 8.78 Å². The third kappa shape index (κ3) is 3.05. The van der Waals surface area contributed by atoms with E-state index in [0.29, 0.717) is 11.3 Å². The van der Waals surface area contributed by atoms with E-state index in [1.807, 2.05) is 19.9 Å². The zero-order valence-electron chi connectivity index (χ0n) is 11.3. The molecule has 1 aromatic carbocycles. The highest BCUT2D eigenvalue weighted by Crippen LogP contribution is 2.42. The average Bonchev–Trinajstić information content (AvgIpc) is 2.82. The standard InChI is InChI=1S/C12H5F2N3O2.C2H6/c13-12(14)18-10-2-1-7(3-11(10)19-12)9-4-8(5-15)16-6-17-9;1-2/h1-4,6H;1-2H3. The number of rotatable bonds is 1. The first-order chi connectivity index (χ1) is 10.1. The Hall–Kier alpha value is -2.75. The molecule has 5 nitrogen and oxygen atoms in total. The fraction of sp³-hybridized carbons (Fsp3) is 0.214. The first kappa shape index (κ1) is 14.7. The zero-order valence-corrected chi connectivity index (χ0v) is 11.3. The normalized spacial score (nSPS) is 13.9. The number of benzene rings is 1. The molecule has 1 aliphatic rings. The van der Waals surface area contributed by atoms with E-state index in [9.17, 15) is 8.78 Å². The van der Waals surface area contributed by atoms with E-state index in [1.54, 1.807) is 6.07 Å². The van der Waals surface area contributed by atoms with Gasteiger partial charge in [0.25, 0.3) is 0 Å². The number of alkyl halides is 2. The van der Waals surface area contributed by atoms with E-state index in [-0.39, 0.29) is 17.2 Å². The molecule has 21 heavy (non-hydrogen) atoms. The van der Waals surface area contributed by atoms with Crippen molar-refractivity contribution < 1.29 is 18.3 Å². The van der Waals surface area contributed by atoms with E-state index >= 15 is 0 Å². The minimum atomic E-state index is -3.65. The quantitative estimate of drug-likeness (QED) is 0.805. The van der Waals surface area contributed by atoms with Crippen molar-refractivity contribution in [2.24, 2.45) is 0 Å². The van der Waals surface area contributed by atoms with Crippen LogP contribution in [0.1, 0.15) is 19.5 Å². The molecule has 0 fully saturated rings. The fourth-order valence-corrected chi connectivity index (χ4v) is 1.68. The lowest BCUT2D eigenvalue weighted by molar-refractivity contribution is -0.286. The maximum atomic E-state index is 12.9. The second-order valence-corrected chi connectivity index (χ2v) is 3.73. The highest BCUT2D eigenvalue weighted by molar-refractivity contribution is 5.65. The topological polar surface area (TPSA) is 68.0 Å². The molecule has 0 saturated carbocycles. The predicted octanol–water partition coefficient (Wildman–Crippen LogP) is 3.36. The van der Waals surface area contributed by atoms with Crippen molar-refractivity contribution in [2.45, 2.75) is 20.1 Å². The van der Waals surface area contributed by atoms with Gasteiger partial charge in [0.05, 0.1) is 5.69 Å². The molecule has 0 radical (unpaired) electrons. The van der Waals surface area contributed by atoms with Crippen LogP contribution in [0.2, 0.25) is 0 Å². The van der Waals surface area contributed by atoms with Gasteiger partial charge >= 0.3 is 6.29 Å². The van der Waals surface area contributed by atoms with Crippen LogP contribution in [0.15, 0.2) is 30.6 Å². The summed E-state index contributed by atoms with van der Waals surface area (Å²) in [6, 6.07) is 7.61. The van der Waals surface area contributed by atoms with Gasteiger partial charge in [0.15, 0.2) is 11.5 Å². The van der Waals surface area contributed by atoms with Crippen LogP contribution in [0.25, 0.3) is 11.3 Å². The molecule has 1 aromatic heterocycles. The van der Waals surface area contributed by atoms with Crippen molar-refractivity contribution in [2.75, 3.05) is 0 Å². The summed E-state index contributed by atoms with van der Waals surface area (Å²) in [7, 11) is 0. The second-order valence-electron chi connectivity index (χ2n) is 3.73. The third-order valence-electron chi connectivity index (χ3n) is 2.48. The van der Waals surface area contributed by atoms with Gasteiger partial charge in [-0.3, -0.25) is 0 Å². The number of aromatic nitrogens is 2. The molecule has 0 amide bonds. The fourth-order valence-electron chi connectivity index (χ4n) is 1.68. The van der Waals surface area contributed by atoms with E-state index in [2.05, 4.69) is 19.4 Å². The summed E-state index contributed by atoms with van der Waals surface area (Å²) in [5.41, 5.74) is 1.15. The van der Waals surface area contributed by atoms with E-state index in [0.717, 1.165) is 0 Å². The lowest BCUT2D eigenvalue weighted by Crippen LogP contribution is -2.25. The van der Waals surface area contributed by atoms with Gasteiger partial charge in [0, 0.05) is 11.6 Å². The molecule has 0 spiro atoms. The first-order valence-corrected chi connectivity index (χ1v) is 6.20. The Labute approximate surface area is 119 Å². The molecule has 0 bridgehead atoms. The second kappa shape index (κ2) is 5.71. The molecule has 2 aromatic rings. The molecule has 0 unspecified atom stereocenters. The Morgan fingerprint density at radius 1 is 1.10 bits per heavy atom. The summed E-state index contributed by atoms with van der Waals surface area (Å²) in [4.78, 5) is 7.70. The van der Waals surface area contributed by atoms with Gasteiger partial charge < -0.3 is 9.47 Å². The Bertz CT molecular complexity index is 699. The van der Waals surface area contributed by atoms with Crippen molar-refractivity contribution in [3.63, 3.8) is 0 Å². The van der Waals surface area contributed by atoms with Gasteiger partial charge in [0.1, 0.15) is 18.1 Å². The van der Waals surface area contributed by atoms with Crippen LogP contribution in [0.3, 0.4) is 0 Å². The van der Waals surface area contributed by atoms with E-state index in [4.69, 9.17) is 5.26 Å². The molecule has 0 N–H and O–H groups in total. The molecular weight excluding hydrogens is 280 g/mol. The minimum Gasteiger partial charge on any atom is -0.395 e. The lowest BCUT2D eigenvalue weighted by Gasteiger charge is -2.04. The number of nitrogens with zero attached hydrogens (tertiary/aromatic N) is 3. The van der Waals surface area contributed by atoms with Gasteiger partial charge in [-0.1, -0.05) is 13.8 Å². The van der Waals surface area contributed by atoms with Crippen LogP contribution < -0.4 is 9.47 Å². The summed E-state index contributed by atoms with van der Waals surface area (Å²) < 4.78 is 34.4. The van der Waals surface area contributed by atoms with E-state index < -0.39 is 6.29 Å². The SMILES string of the molecule is CC.N#Cc1cc(-c2ccc3c(c2)OC(F)(F)O3)ncn1. The molecule has 0 atom stereocenters. The Morgan fingerprint density at radius 3 is 2.52 bits per heavy atom. The average molecular weight is 291 g/mol. The van der Waals surface area contributed by atoms with Crippen LogP contribution in [0, 0.1) is 11.3 Å². The van der Waals surface area contributed by atoms with Crippen molar-refractivity contribution in [3.8, 4) is 28.8 Å². The van der Waals surface area contributed by atoms with Crippen molar-refractivity contribution in [3.05, 3.63) is 36.3 Å². The van der Waals surface area contributed by atoms with Gasteiger partial charge in [-0.25, -0.2) is 9.97 Å². The highest BCUT2D eigenvalue weighted by Gasteiger charge is 2.43. The number of hydrogen-bond donors (Lipinski definition) is 0. The minimum absolute atomic E-state index is 0.0386. The molecular formula is C14H11F2N3O2. The summed E-state index contributed by atoms with van der Waals surface area (Å²) >= 11 is 0. The Kier molecular flexibility index (Phi) is 3.98. The summed E-state index contributed by atoms with van der Waals surface area (Å²) in [5.74, 6) is -0.108. The van der Waals surface area contributed by atoms with Crippen molar-refractivity contribution in [1.82, 2.24) is 9.97 Å². The Morgan fingerprint density at radius 2 is 1.81 bits per heavy atom. The molecule has 1 aliphatic heterocycles. The van der Waals surface area contributed by atoms with Gasteiger partial charge in [-0.05, 0) is 18.2 Å². The van der Waals surface area contributed by atoms with Crippen LogP contribution in [-0.4, -0.2) is 16.3 Å². The summed E-state index contributed by atoms with van der Waals surface area (Å²) in [5, 5.41) is 8.75. The first-order valence-electron chi connectivity index (χ1n) is 6.20.